The average Bonchev–Trinajstić information content (AvgIpc) is 3.83. The minimum absolute atomic E-state index is 0.0779. The third-order valence-electron chi connectivity index (χ3n) is 11.6. The Labute approximate surface area is 349 Å². The Hall–Kier alpha value is -3.83. The van der Waals surface area contributed by atoms with Gasteiger partial charge in [-0.1, -0.05) is 101 Å². The largest absolute Gasteiger partial charge is 0.478 e. The van der Waals surface area contributed by atoms with Crippen LogP contribution in [0.25, 0.3) is 0 Å². The molecule has 1 aromatic rings. The van der Waals surface area contributed by atoms with Crippen LogP contribution in [0.5, 0.6) is 0 Å². The van der Waals surface area contributed by atoms with Crippen molar-refractivity contribution >= 4 is 39.7 Å². The summed E-state index contributed by atoms with van der Waals surface area (Å²) >= 11 is 0. The van der Waals surface area contributed by atoms with Crippen LogP contribution in [0.3, 0.4) is 0 Å². The van der Waals surface area contributed by atoms with Gasteiger partial charge in [0, 0.05) is 17.4 Å². The Morgan fingerprint density at radius 3 is 1.72 bits per heavy atom. The van der Waals surface area contributed by atoms with Gasteiger partial charge in [-0.3, -0.25) is 18.7 Å². The molecule has 0 amide bonds. The first-order valence-corrected chi connectivity index (χ1v) is 22.2. The molecule has 5 atom stereocenters. The van der Waals surface area contributed by atoms with Crippen LogP contribution in [0.15, 0.2) is 35.5 Å². The molecule has 1 aromatic carbocycles. The van der Waals surface area contributed by atoms with Crippen LogP contribution in [0, 0.1) is 28.6 Å². The van der Waals surface area contributed by atoms with Crippen molar-refractivity contribution in [1.29, 1.82) is 0 Å². The summed E-state index contributed by atoms with van der Waals surface area (Å²) in [6, 6.07) is 5.61. The number of hydrogen-bond donors (Lipinski definition) is 0. The van der Waals surface area contributed by atoms with E-state index in [0.717, 1.165) is 89.2 Å². The molecule has 60 heavy (non-hydrogen) atoms. The number of ether oxygens (including phenoxy) is 4. The maximum Gasteiger partial charge on any atom is 0.478 e. The van der Waals surface area contributed by atoms with Crippen LogP contribution < -0.4 is 0 Å². The van der Waals surface area contributed by atoms with E-state index in [2.05, 4.69) is 14.2 Å². The molecule has 18 heteroatoms. The molecule has 2 aliphatic carbocycles. The van der Waals surface area contributed by atoms with E-state index in [4.69, 9.17) is 14.2 Å². The van der Waals surface area contributed by atoms with E-state index in [1.807, 2.05) is 41.5 Å². The monoisotopic (exact) mass is 881 g/mol. The van der Waals surface area contributed by atoms with Crippen molar-refractivity contribution in [3.63, 3.8) is 0 Å². The first-order valence-electron chi connectivity index (χ1n) is 20.8. The molecular formula is C42H60F5NO11S. The zero-order valence-corrected chi connectivity index (χ0v) is 36.1. The van der Waals surface area contributed by atoms with Gasteiger partial charge in [0.1, 0.15) is 12.2 Å². The maximum atomic E-state index is 14.1. The summed E-state index contributed by atoms with van der Waals surface area (Å²) in [5, 5.41) is -2.90. The van der Waals surface area contributed by atoms with Gasteiger partial charge in [0.25, 0.3) is 0 Å². The molecule has 12 nitrogen and oxygen atoms in total. The number of rotatable bonds is 23. The van der Waals surface area contributed by atoms with E-state index in [9.17, 15) is 49.5 Å². The van der Waals surface area contributed by atoms with E-state index in [1.54, 1.807) is 0 Å². The molecule has 0 spiro atoms. The number of halogens is 5. The number of nitrogens with zero attached hydrogens (tertiary/aromatic N) is 1. The van der Waals surface area contributed by atoms with Gasteiger partial charge in [-0.05, 0) is 66.2 Å². The summed E-state index contributed by atoms with van der Waals surface area (Å²) in [4.78, 5) is 47.3. The number of esters is 4. The van der Waals surface area contributed by atoms with Gasteiger partial charge >= 0.3 is 45.4 Å². The number of hydrogen-bond acceptors (Lipinski definition) is 12. The minimum atomic E-state index is -6.22. The van der Waals surface area contributed by atoms with Crippen LogP contribution in [0.1, 0.15) is 137 Å². The van der Waals surface area contributed by atoms with E-state index >= 15 is 0 Å². The molecule has 0 N–H and O–H groups in total. The molecule has 5 unspecified atom stereocenters. The molecular weight excluding hydrogens is 822 g/mol. The third kappa shape index (κ3) is 13.6. The fourth-order valence-electron chi connectivity index (χ4n) is 6.96. The Morgan fingerprint density at radius 1 is 0.733 bits per heavy atom. The summed E-state index contributed by atoms with van der Waals surface area (Å²) in [7, 11) is -6.22. The quantitative estimate of drug-likeness (QED) is 0.0257. The molecule has 0 aromatic heterocycles. The second-order valence-corrected chi connectivity index (χ2v) is 18.5. The van der Waals surface area contributed by atoms with E-state index < -0.39 is 56.2 Å². The smallest absolute Gasteiger partial charge is 0.465 e. The van der Waals surface area contributed by atoms with Gasteiger partial charge < -0.3 is 18.9 Å². The predicted molar refractivity (Wildman–Crippen MR) is 210 cm³/mol. The summed E-state index contributed by atoms with van der Waals surface area (Å²) in [6.07, 6.45) is 5.81. The van der Waals surface area contributed by atoms with Gasteiger partial charge in [-0.15, -0.1) is 0 Å². The fourth-order valence-corrected chi connectivity index (χ4v) is 7.49. The molecule has 2 saturated carbocycles. The lowest BCUT2D eigenvalue weighted by Gasteiger charge is -2.29. The molecule has 1 heterocycles. The van der Waals surface area contributed by atoms with E-state index in [1.165, 1.54) is 18.2 Å². The minimum Gasteiger partial charge on any atom is -0.465 e. The van der Waals surface area contributed by atoms with Crippen molar-refractivity contribution in [2.45, 2.75) is 155 Å². The predicted octanol–water partition coefficient (Wildman–Crippen LogP) is 9.23. The van der Waals surface area contributed by atoms with Crippen LogP contribution >= 0.6 is 0 Å². The van der Waals surface area contributed by atoms with Gasteiger partial charge in [0.2, 0.25) is 0 Å². The molecule has 3 aliphatic rings. The second-order valence-electron chi connectivity index (χ2n) is 16.9. The number of carbonyl (C=O) groups excluding carboxylic acids is 4. The zero-order valence-electron chi connectivity index (χ0n) is 35.3. The lowest BCUT2D eigenvalue weighted by atomic mass is 9.87. The summed E-state index contributed by atoms with van der Waals surface area (Å²) in [6.45, 7) is 11.3. The lowest BCUT2D eigenvalue weighted by molar-refractivity contribution is -0.170. The molecule has 340 valence electrons. The Kier molecular flexibility index (Phi) is 18.4. The average molecular weight is 882 g/mol. The van der Waals surface area contributed by atoms with Gasteiger partial charge in [-0.25, -0.2) is 4.79 Å². The summed E-state index contributed by atoms with van der Waals surface area (Å²) in [5.74, 6) is -2.19. The van der Waals surface area contributed by atoms with Crippen molar-refractivity contribution in [3.8, 4) is 0 Å². The zero-order chi connectivity index (χ0) is 44.9. The van der Waals surface area contributed by atoms with Crippen molar-refractivity contribution in [3.05, 3.63) is 35.9 Å². The molecule has 1 aliphatic heterocycles. The normalized spacial score (nSPS) is 21.5. The SMILES string of the molecule is CCC(C)(C)C(=O)OC1C2CC3C(=O)OC1C3C2.CCC(C)(C)C(=O)OCCCCCCCCCCCCOC(=O)C(F)(F)S(=O)(=O)O/N=C(\c1ccccc1)C(F)(F)F. The number of unbranched alkanes of at least 4 members (excludes halogenated alkanes) is 9. The molecule has 1 saturated heterocycles. The highest BCUT2D eigenvalue weighted by Crippen LogP contribution is 2.55. The summed E-state index contributed by atoms with van der Waals surface area (Å²) in [5.41, 5.74) is -3.42. The highest BCUT2D eigenvalue weighted by atomic mass is 32.2. The van der Waals surface area contributed by atoms with Gasteiger partial charge in [-0.2, -0.15) is 30.4 Å². The molecule has 3 fully saturated rings. The fraction of sp³-hybridized carbons (Fsp3) is 0.738. The van der Waals surface area contributed by atoms with Crippen molar-refractivity contribution in [2.75, 3.05) is 13.2 Å². The van der Waals surface area contributed by atoms with Crippen LogP contribution in [-0.2, 0) is 52.5 Å². The standard InChI is InChI=1S/C28H40F5NO7S.C14H20O4/c1-4-26(2,3)24(35)39-20-16-11-9-7-5-6-8-10-12-17-21-40-25(36)28(32,33)42(37,38)41-34-23(27(29,30)31)22-18-14-13-15-19-22;1-4-14(2,3)13(16)18-10-7-5-8-9(6-7)12(15)17-11(8)10/h13-15,18-19H,4-12,16-17,20-21H2,1-3H3;7-11H,4-6H2,1-3H3/b34-23+;. The number of oxime groups is 1. The number of fused-ring (bicyclic) bond motifs is 1. The third-order valence-corrected chi connectivity index (χ3v) is 12.7. The number of benzene rings is 1. The Morgan fingerprint density at radius 2 is 1.22 bits per heavy atom. The van der Waals surface area contributed by atoms with Crippen LogP contribution in [-0.4, -0.2) is 74.9 Å². The first-order chi connectivity index (χ1) is 28.0. The molecule has 0 radical (unpaired) electrons. The van der Waals surface area contributed by atoms with Crippen molar-refractivity contribution in [2.24, 2.45) is 33.7 Å². The highest BCUT2D eigenvalue weighted by Gasteiger charge is 2.63. The second kappa shape index (κ2) is 21.8. The Bertz CT molecular complexity index is 1730. The summed E-state index contributed by atoms with van der Waals surface area (Å²) < 4.78 is 116. The molecule has 4 rings (SSSR count). The van der Waals surface area contributed by atoms with Gasteiger partial charge in [0.15, 0.2) is 5.71 Å². The topological polar surface area (TPSA) is 161 Å². The van der Waals surface area contributed by atoms with E-state index in [0.29, 0.717) is 24.9 Å². The lowest BCUT2D eigenvalue weighted by Crippen LogP contribution is -2.40. The maximum absolute atomic E-state index is 14.1. The first kappa shape index (κ1) is 50.5. The Balaban J connectivity index is 0.000000435. The van der Waals surface area contributed by atoms with Crippen molar-refractivity contribution in [1.82, 2.24) is 0 Å². The molecule has 2 bridgehead atoms. The van der Waals surface area contributed by atoms with Gasteiger partial charge in [0.05, 0.1) is 30.0 Å². The number of alkyl halides is 5. The highest BCUT2D eigenvalue weighted by molar-refractivity contribution is 7.88. The van der Waals surface area contributed by atoms with Crippen molar-refractivity contribution < 1.29 is 72.8 Å². The van der Waals surface area contributed by atoms with E-state index in [-0.39, 0.29) is 42.5 Å². The van der Waals surface area contributed by atoms with Crippen LogP contribution in [0.4, 0.5) is 22.0 Å². The van der Waals surface area contributed by atoms with Crippen LogP contribution in [0.2, 0.25) is 0 Å². The number of carbonyl (C=O) groups is 4.